The highest BCUT2D eigenvalue weighted by atomic mass is 16.3. The van der Waals surface area contributed by atoms with Crippen LogP contribution in [0.2, 0.25) is 0 Å². The third-order valence-electron chi connectivity index (χ3n) is 3.86. The van der Waals surface area contributed by atoms with E-state index in [9.17, 15) is 9.59 Å². The fraction of sp³-hybridized carbons (Fsp3) is 0.867. The van der Waals surface area contributed by atoms with E-state index in [-0.39, 0.29) is 29.8 Å². The van der Waals surface area contributed by atoms with Gasteiger partial charge in [-0.1, -0.05) is 20.8 Å². The Morgan fingerprint density at radius 3 is 2.20 bits per heavy atom. The zero-order valence-electron chi connectivity index (χ0n) is 12.9. The summed E-state index contributed by atoms with van der Waals surface area (Å²) in [7, 11) is 0. The van der Waals surface area contributed by atoms with Gasteiger partial charge in [-0.3, -0.25) is 9.59 Å². The molecule has 5 nitrogen and oxygen atoms in total. The lowest BCUT2D eigenvalue weighted by Gasteiger charge is -2.28. The minimum Gasteiger partial charge on any atom is -0.395 e. The number of carbonyl (C=O) groups excluding carboxylic acids is 2. The van der Waals surface area contributed by atoms with Crippen molar-refractivity contribution in [2.45, 2.75) is 46.5 Å². The van der Waals surface area contributed by atoms with E-state index >= 15 is 0 Å². The molecule has 3 N–H and O–H groups in total. The van der Waals surface area contributed by atoms with Crippen LogP contribution in [0.5, 0.6) is 0 Å². The Hall–Kier alpha value is -1.10. The molecule has 2 amide bonds. The molecule has 0 aromatic carbocycles. The number of hydrogen-bond acceptors (Lipinski definition) is 3. The number of carbonyl (C=O) groups is 2. The Kier molecular flexibility index (Phi) is 6.46. The molecule has 1 saturated carbocycles. The Morgan fingerprint density at radius 1 is 1.10 bits per heavy atom. The van der Waals surface area contributed by atoms with Crippen molar-refractivity contribution < 1.29 is 14.7 Å². The molecule has 0 spiro atoms. The third-order valence-corrected chi connectivity index (χ3v) is 3.86. The molecule has 0 aliphatic heterocycles. The van der Waals surface area contributed by atoms with E-state index in [0.29, 0.717) is 19.0 Å². The first-order valence-electron chi connectivity index (χ1n) is 7.51. The van der Waals surface area contributed by atoms with Crippen molar-refractivity contribution in [1.29, 1.82) is 0 Å². The summed E-state index contributed by atoms with van der Waals surface area (Å²) in [5.74, 6) is 0.677. The summed E-state index contributed by atoms with van der Waals surface area (Å²) in [6.07, 6.45) is 3.68. The van der Waals surface area contributed by atoms with Crippen molar-refractivity contribution in [3.8, 4) is 0 Å². The second-order valence-electron chi connectivity index (χ2n) is 6.69. The highest BCUT2D eigenvalue weighted by Gasteiger charge is 2.27. The average Bonchev–Trinajstić information content (AvgIpc) is 2.41. The van der Waals surface area contributed by atoms with Gasteiger partial charge in [-0.15, -0.1) is 0 Å². The molecular weight excluding hydrogens is 256 g/mol. The van der Waals surface area contributed by atoms with Crippen molar-refractivity contribution in [1.82, 2.24) is 10.6 Å². The van der Waals surface area contributed by atoms with E-state index in [1.807, 2.05) is 20.8 Å². The molecule has 0 saturated heterocycles. The molecule has 116 valence electrons. The SMILES string of the molecule is CC(C)(C)C(=O)NCC1CCC(C(=O)NCCO)CC1. The van der Waals surface area contributed by atoms with Gasteiger partial charge in [0.05, 0.1) is 6.61 Å². The Bertz CT molecular complexity index is 329. The van der Waals surface area contributed by atoms with E-state index in [2.05, 4.69) is 10.6 Å². The van der Waals surface area contributed by atoms with Gasteiger partial charge in [-0.05, 0) is 31.6 Å². The predicted molar refractivity (Wildman–Crippen MR) is 78.0 cm³/mol. The summed E-state index contributed by atoms with van der Waals surface area (Å²) < 4.78 is 0. The van der Waals surface area contributed by atoms with Gasteiger partial charge in [0.25, 0.3) is 0 Å². The van der Waals surface area contributed by atoms with Crippen molar-refractivity contribution in [2.24, 2.45) is 17.3 Å². The zero-order chi connectivity index (χ0) is 15.2. The zero-order valence-corrected chi connectivity index (χ0v) is 12.9. The molecular formula is C15H28N2O3. The minimum atomic E-state index is -0.346. The van der Waals surface area contributed by atoms with Crippen LogP contribution < -0.4 is 10.6 Å². The Labute approximate surface area is 121 Å². The van der Waals surface area contributed by atoms with E-state index in [4.69, 9.17) is 5.11 Å². The van der Waals surface area contributed by atoms with Gasteiger partial charge < -0.3 is 15.7 Å². The topological polar surface area (TPSA) is 78.4 Å². The van der Waals surface area contributed by atoms with Crippen molar-refractivity contribution >= 4 is 11.8 Å². The second-order valence-corrected chi connectivity index (χ2v) is 6.69. The molecule has 1 rings (SSSR count). The van der Waals surface area contributed by atoms with Gasteiger partial charge in [0, 0.05) is 24.4 Å². The number of amides is 2. The molecule has 0 aromatic rings. The average molecular weight is 284 g/mol. The van der Waals surface area contributed by atoms with Gasteiger partial charge in [-0.2, -0.15) is 0 Å². The van der Waals surface area contributed by atoms with Crippen molar-refractivity contribution in [3.63, 3.8) is 0 Å². The highest BCUT2D eigenvalue weighted by Crippen LogP contribution is 2.28. The molecule has 5 heteroatoms. The van der Waals surface area contributed by atoms with Gasteiger partial charge in [0.2, 0.25) is 11.8 Å². The number of hydrogen-bond donors (Lipinski definition) is 3. The Balaban J connectivity index is 2.25. The summed E-state index contributed by atoms with van der Waals surface area (Å²) in [6, 6.07) is 0. The standard InChI is InChI=1S/C15H28N2O3/c1-15(2,3)14(20)17-10-11-4-6-12(7-5-11)13(19)16-8-9-18/h11-12,18H,4-10H2,1-3H3,(H,16,19)(H,17,20). The van der Waals surface area contributed by atoms with Crippen LogP contribution in [0.25, 0.3) is 0 Å². The lowest BCUT2D eigenvalue weighted by Crippen LogP contribution is -2.40. The van der Waals surface area contributed by atoms with Crippen LogP contribution in [0.4, 0.5) is 0 Å². The molecule has 20 heavy (non-hydrogen) atoms. The second kappa shape index (κ2) is 7.62. The summed E-state index contributed by atoms with van der Waals surface area (Å²) in [5.41, 5.74) is -0.346. The number of aliphatic hydroxyl groups excluding tert-OH is 1. The lowest BCUT2D eigenvalue weighted by molar-refractivity contribution is -0.129. The van der Waals surface area contributed by atoms with E-state index in [1.54, 1.807) is 0 Å². The highest BCUT2D eigenvalue weighted by molar-refractivity contribution is 5.81. The van der Waals surface area contributed by atoms with Crippen molar-refractivity contribution in [2.75, 3.05) is 19.7 Å². The number of aliphatic hydroxyl groups is 1. The molecule has 0 heterocycles. The van der Waals surface area contributed by atoms with Crippen molar-refractivity contribution in [3.05, 3.63) is 0 Å². The predicted octanol–water partition coefficient (Wildman–Crippen LogP) is 1.06. The van der Waals surface area contributed by atoms with Crippen LogP contribution in [0.1, 0.15) is 46.5 Å². The first kappa shape index (κ1) is 17.0. The monoisotopic (exact) mass is 284 g/mol. The number of rotatable bonds is 5. The van der Waals surface area contributed by atoms with Crippen LogP contribution in [-0.2, 0) is 9.59 Å². The van der Waals surface area contributed by atoms with E-state index in [1.165, 1.54) is 0 Å². The fourth-order valence-electron chi connectivity index (χ4n) is 2.45. The molecule has 1 aliphatic carbocycles. The van der Waals surface area contributed by atoms with Crippen LogP contribution in [0.15, 0.2) is 0 Å². The molecule has 0 aromatic heterocycles. The largest absolute Gasteiger partial charge is 0.395 e. The van der Waals surface area contributed by atoms with E-state index < -0.39 is 0 Å². The van der Waals surface area contributed by atoms with Gasteiger partial charge >= 0.3 is 0 Å². The maximum Gasteiger partial charge on any atom is 0.225 e. The van der Waals surface area contributed by atoms with Crippen LogP contribution in [0.3, 0.4) is 0 Å². The fourth-order valence-corrected chi connectivity index (χ4v) is 2.45. The normalized spacial score (nSPS) is 23.2. The smallest absolute Gasteiger partial charge is 0.225 e. The molecule has 1 aliphatic rings. The molecule has 0 bridgehead atoms. The first-order chi connectivity index (χ1) is 9.34. The number of nitrogens with one attached hydrogen (secondary N) is 2. The molecule has 0 unspecified atom stereocenters. The first-order valence-corrected chi connectivity index (χ1v) is 7.51. The van der Waals surface area contributed by atoms with Gasteiger partial charge in [-0.25, -0.2) is 0 Å². The van der Waals surface area contributed by atoms with Crippen LogP contribution in [-0.4, -0.2) is 36.6 Å². The van der Waals surface area contributed by atoms with E-state index in [0.717, 1.165) is 25.7 Å². The quantitative estimate of drug-likeness (QED) is 0.706. The van der Waals surface area contributed by atoms with Gasteiger partial charge in [0.15, 0.2) is 0 Å². The maximum absolute atomic E-state index is 11.8. The van der Waals surface area contributed by atoms with Gasteiger partial charge in [0.1, 0.15) is 0 Å². The summed E-state index contributed by atoms with van der Waals surface area (Å²) in [6.45, 7) is 6.75. The molecule has 1 fully saturated rings. The lowest BCUT2D eigenvalue weighted by atomic mass is 9.81. The summed E-state index contributed by atoms with van der Waals surface area (Å²) >= 11 is 0. The summed E-state index contributed by atoms with van der Waals surface area (Å²) in [4.78, 5) is 23.6. The van der Waals surface area contributed by atoms with Crippen LogP contribution >= 0.6 is 0 Å². The van der Waals surface area contributed by atoms with Crippen LogP contribution in [0, 0.1) is 17.3 Å². The maximum atomic E-state index is 11.8. The summed E-state index contributed by atoms with van der Waals surface area (Å²) in [5, 5.41) is 14.4. The minimum absolute atomic E-state index is 0.0140. The molecule has 0 radical (unpaired) electrons. The Morgan fingerprint density at radius 2 is 1.70 bits per heavy atom. The molecule has 0 atom stereocenters. The third kappa shape index (κ3) is 5.49.